The molecule has 42 heavy (non-hydrogen) atoms. The fourth-order valence-corrected chi connectivity index (χ4v) is 7.95. The number of Topliss-reactive ketones (excluding diaryl/α,β-unsaturated/α-hetero) is 1. The quantitative estimate of drug-likeness (QED) is 0.244. The molecule has 2 saturated carbocycles. The first-order valence-corrected chi connectivity index (χ1v) is 18.9. The molecule has 4 rings (SSSR count). The Hall–Kier alpha value is -2.20. The predicted molar refractivity (Wildman–Crippen MR) is 162 cm³/mol. The maximum atomic E-state index is 14.2. The molecule has 9 nitrogen and oxygen atoms in total. The van der Waals surface area contributed by atoms with Crippen LogP contribution in [0.25, 0.3) is 0 Å². The number of hydrogen-bond donors (Lipinski definition) is 1. The van der Waals surface area contributed by atoms with Gasteiger partial charge in [-0.1, -0.05) is 45.8 Å². The van der Waals surface area contributed by atoms with Crippen molar-refractivity contribution in [2.75, 3.05) is 13.7 Å². The van der Waals surface area contributed by atoms with E-state index in [2.05, 4.69) is 51.3 Å². The third kappa shape index (κ3) is 7.47. The molecule has 10 heteroatoms. The van der Waals surface area contributed by atoms with Crippen LogP contribution in [0.5, 0.6) is 0 Å². The van der Waals surface area contributed by atoms with E-state index >= 15 is 0 Å². The number of hydrogen-bond acceptors (Lipinski definition) is 7. The molecule has 2 heterocycles. The van der Waals surface area contributed by atoms with E-state index in [1.165, 1.54) is 7.11 Å². The lowest BCUT2D eigenvalue weighted by Crippen LogP contribution is -2.52. The Morgan fingerprint density at radius 1 is 1.02 bits per heavy atom. The van der Waals surface area contributed by atoms with Gasteiger partial charge in [-0.3, -0.25) is 14.4 Å². The summed E-state index contributed by atoms with van der Waals surface area (Å²) in [5.74, 6) is -0.823. The Kier molecular flexibility index (Phi) is 10.3. The van der Waals surface area contributed by atoms with Gasteiger partial charge in [0.15, 0.2) is 14.1 Å². The molecular weight excluding hydrogens is 552 g/mol. The average molecular weight is 605 g/mol. The highest BCUT2D eigenvalue weighted by atomic mass is 28.4. The van der Waals surface area contributed by atoms with Gasteiger partial charge in [0.05, 0.1) is 24.7 Å². The molecular formula is C32H52N2O7Si. The van der Waals surface area contributed by atoms with Crippen LogP contribution in [-0.2, 0) is 28.3 Å². The van der Waals surface area contributed by atoms with Gasteiger partial charge in [0, 0.05) is 19.4 Å². The van der Waals surface area contributed by atoms with E-state index < -0.39 is 31.9 Å². The number of methoxy groups -OCH3 is 1. The fourth-order valence-electron chi connectivity index (χ4n) is 6.59. The van der Waals surface area contributed by atoms with Gasteiger partial charge in [-0.05, 0) is 75.4 Å². The Morgan fingerprint density at radius 3 is 2.38 bits per heavy atom. The zero-order valence-electron chi connectivity index (χ0n) is 26.5. The number of allylic oxidation sites excluding steroid dienone is 2. The van der Waals surface area contributed by atoms with E-state index in [0.29, 0.717) is 19.3 Å². The lowest BCUT2D eigenvalue weighted by molar-refractivity contribution is -0.150. The highest BCUT2D eigenvalue weighted by Gasteiger charge is 2.61. The van der Waals surface area contributed by atoms with Gasteiger partial charge < -0.3 is 24.1 Å². The van der Waals surface area contributed by atoms with Gasteiger partial charge in [-0.15, -0.1) is 0 Å². The summed E-state index contributed by atoms with van der Waals surface area (Å²) in [6.45, 7) is 11.1. The highest BCUT2D eigenvalue weighted by Crippen LogP contribution is 2.57. The number of amides is 2. The van der Waals surface area contributed by atoms with Crippen molar-refractivity contribution in [2.45, 2.75) is 140 Å². The van der Waals surface area contributed by atoms with Crippen molar-refractivity contribution >= 4 is 32.1 Å². The normalized spacial score (nSPS) is 32.3. The number of carbonyl (C=O) groups is 4. The molecule has 0 bridgehead atoms. The van der Waals surface area contributed by atoms with Crippen LogP contribution in [0.1, 0.15) is 97.8 Å². The summed E-state index contributed by atoms with van der Waals surface area (Å²) in [7, 11) is -0.822. The third-order valence-corrected chi connectivity index (χ3v) is 14.8. The van der Waals surface area contributed by atoms with Gasteiger partial charge in [0.2, 0.25) is 5.91 Å². The first-order valence-electron chi connectivity index (χ1n) is 16.0. The number of rotatable bonds is 5. The van der Waals surface area contributed by atoms with Crippen LogP contribution in [0.15, 0.2) is 12.2 Å². The molecule has 0 aromatic heterocycles. The molecule has 2 aliphatic carbocycles. The summed E-state index contributed by atoms with van der Waals surface area (Å²) >= 11 is 0. The number of ketones is 1. The largest absolute Gasteiger partial charge is 0.469 e. The second kappa shape index (κ2) is 13.2. The number of esters is 1. The van der Waals surface area contributed by atoms with Crippen LogP contribution in [0, 0.1) is 11.3 Å². The molecule has 3 fully saturated rings. The van der Waals surface area contributed by atoms with Gasteiger partial charge in [-0.2, -0.15) is 0 Å². The summed E-state index contributed by atoms with van der Waals surface area (Å²) in [4.78, 5) is 55.7. The van der Waals surface area contributed by atoms with Crippen molar-refractivity contribution in [1.29, 1.82) is 0 Å². The second-order valence-electron chi connectivity index (χ2n) is 14.4. The van der Waals surface area contributed by atoms with E-state index in [0.717, 1.165) is 51.4 Å². The highest BCUT2D eigenvalue weighted by molar-refractivity contribution is 6.74. The van der Waals surface area contributed by atoms with Crippen molar-refractivity contribution in [2.24, 2.45) is 11.3 Å². The monoisotopic (exact) mass is 604 g/mol. The Bertz CT molecular complexity index is 1050. The molecule has 4 aliphatic rings. The smallest absolute Gasteiger partial charge is 0.408 e. The van der Waals surface area contributed by atoms with Crippen molar-refractivity contribution in [3.05, 3.63) is 12.2 Å². The number of carbonyl (C=O) groups excluding carboxylic acids is 4. The zero-order valence-corrected chi connectivity index (χ0v) is 27.5. The SMILES string of the molecule is COC(=O)[C@]12CC(=O)[C@@H]3C[C@@H](O[Si](C)(C)C(C)(C)C)CN3C(=O)[C@@H](NC(=O)OC3CCCC3)CCCCC/C=C\[C@@H]1C2. The van der Waals surface area contributed by atoms with Crippen LogP contribution >= 0.6 is 0 Å². The third-order valence-electron chi connectivity index (χ3n) is 10.3. The molecule has 236 valence electrons. The van der Waals surface area contributed by atoms with Crippen LogP contribution in [0.4, 0.5) is 4.79 Å². The maximum absolute atomic E-state index is 14.2. The van der Waals surface area contributed by atoms with Gasteiger partial charge in [0.25, 0.3) is 0 Å². The fraction of sp³-hybridized carbons (Fsp3) is 0.812. The van der Waals surface area contributed by atoms with E-state index in [-0.39, 0.29) is 53.8 Å². The predicted octanol–water partition coefficient (Wildman–Crippen LogP) is 5.67. The van der Waals surface area contributed by atoms with Crippen LogP contribution < -0.4 is 5.32 Å². The average Bonchev–Trinajstić information content (AvgIpc) is 3.21. The first kappa shape index (κ1) is 32.7. The van der Waals surface area contributed by atoms with Crippen molar-refractivity contribution < 1.29 is 33.1 Å². The molecule has 0 spiro atoms. The van der Waals surface area contributed by atoms with E-state index in [1.54, 1.807) is 4.90 Å². The van der Waals surface area contributed by atoms with Crippen molar-refractivity contribution in [3.63, 3.8) is 0 Å². The minimum absolute atomic E-state index is 0.0256. The van der Waals surface area contributed by atoms with E-state index in [4.69, 9.17) is 13.9 Å². The maximum Gasteiger partial charge on any atom is 0.408 e. The number of nitrogens with zero attached hydrogens (tertiary/aromatic N) is 1. The summed E-state index contributed by atoms with van der Waals surface area (Å²) in [6.07, 6.45) is 11.9. The van der Waals surface area contributed by atoms with Crippen LogP contribution in [-0.4, -0.2) is 74.9 Å². The molecule has 0 radical (unpaired) electrons. The second-order valence-corrected chi connectivity index (χ2v) is 19.2. The van der Waals surface area contributed by atoms with Gasteiger partial charge >= 0.3 is 12.1 Å². The molecule has 1 saturated heterocycles. The zero-order chi connectivity index (χ0) is 30.7. The van der Waals surface area contributed by atoms with Crippen LogP contribution in [0.3, 0.4) is 0 Å². The molecule has 2 amide bonds. The van der Waals surface area contributed by atoms with Crippen molar-refractivity contribution in [3.8, 4) is 0 Å². The summed E-state index contributed by atoms with van der Waals surface area (Å²) in [5.41, 5.74) is -0.877. The van der Waals surface area contributed by atoms with E-state index in [9.17, 15) is 19.2 Å². The lowest BCUT2D eigenvalue weighted by Gasteiger charge is -2.38. The molecule has 0 aromatic rings. The number of alkyl carbamates (subject to hydrolysis) is 1. The number of ether oxygens (including phenoxy) is 2. The van der Waals surface area contributed by atoms with E-state index in [1.807, 2.05) is 0 Å². The first-order chi connectivity index (χ1) is 19.8. The number of fused-ring (bicyclic) bond motifs is 2. The minimum Gasteiger partial charge on any atom is -0.469 e. The van der Waals surface area contributed by atoms with Crippen LogP contribution in [0.2, 0.25) is 18.1 Å². The lowest BCUT2D eigenvalue weighted by atomic mass is 9.92. The summed E-state index contributed by atoms with van der Waals surface area (Å²) < 4.78 is 17.5. The van der Waals surface area contributed by atoms with Gasteiger partial charge in [-0.25, -0.2) is 4.79 Å². The Balaban J connectivity index is 1.60. The molecule has 1 N–H and O–H groups in total. The Morgan fingerprint density at radius 2 is 1.71 bits per heavy atom. The topological polar surface area (TPSA) is 111 Å². The molecule has 5 atom stereocenters. The minimum atomic E-state index is -2.19. The summed E-state index contributed by atoms with van der Waals surface area (Å²) in [5, 5.41) is 2.84. The molecule has 2 aliphatic heterocycles. The van der Waals surface area contributed by atoms with Gasteiger partial charge in [0.1, 0.15) is 12.1 Å². The Labute approximate surface area is 252 Å². The van der Waals surface area contributed by atoms with Crippen molar-refractivity contribution in [1.82, 2.24) is 10.2 Å². The molecule has 0 aromatic carbocycles. The number of nitrogens with one attached hydrogen (secondary N) is 1. The standard InChI is InChI=1S/C32H52N2O7Si/c1-31(2,3)42(5,6)41-24-18-26-27(35)20-32(29(37)39-4)19-22(32)14-10-8-7-9-11-17-25(28(36)34(26)21-24)33-30(38)40-23-15-12-13-16-23/h10,14,22-26H,7-9,11-13,15-21H2,1-6H3,(H,33,38)/b14-10-/t22-,24-,25+,26+,32-/m1/s1. The molecule has 0 unspecified atom stereocenters. The summed E-state index contributed by atoms with van der Waals surface area (Å²) in [6, 6.07) is -1.51.